The second kappa shape index (κ2) is 6.14. The third-order valence-corrected chi connectivity index (χ3v) is 4.44. The molecule has 0 aliphatic heterocycles. The number of H-pyrrole nitrogens is 1. The number of hydrogen-bond acceptors (Lipinski definition) is 5. The zero-order chi connectivity index (χ0) is 18.2. The van der Waals surface area contributed by atoms with Crippen LogP contribution in [0.2, 0.25) is 0 Å². The van der Waals surface area contributed by atoms with E-state index in [2.05, 4.69) is 25.5 Å². The van der Waals surface area contributed by atoms with E-state index in [1.54, 1.807) is 19.5 Å². The number of aromatic amines is 1. The Bertz CT molecular complexity index is 1260. The van der Waals surface area contributed by atoms with Gasteiger partial charge < -0.3 is 10.1 Å². The molecule has 5 aromatic rings. The number of rotatable bonds is 4. The van der Waals surface area contributed by atoms with Gasteiger partial charge in [0.05, 0.1) is 18.8 Å². The molecule has 2 N–H and O–H groups in total. The van der Waals surface area contributed by atoms with Crippen molar-refractivity contribution in [1.82, 2.24) is 24.7 Å². The molecule has 0 fully saturated rings. The Kier molecular flexibility index (Phi) is 3.50. The predicted octanol–water partition coefficient (Wildman–Crippen LogP) is 4.05. The molecule has 3 heterocycles. The van der Waals surface area contributed by atoms with Crippen LogP contribution in [-0.4, -0.2) is 31.8 Å². The summed E-state index contributed by atoms with van der Waals surface area (Å²) < 4.78 is 7.20. The summed E-state index contributed by atoms with van der Waals surface area (Å²) in [6, 6.07) is 13.8. The Morgan fingerprint density at radius 2 is 1.93 bits per heavy atom. The van der Waals surface area contributed by atoms with Gasteiger partial charge in [0, 0.05) is 40.4 Å². The molecule has 0 aliphatic rings. The molecule has 0 atom stereocenters. The molecule has 0 amide bonds. The average molecular weight is 356 g/mol. The molecule has 0 unspecified atom stereocenters. The van der Waals surface area contributed by atoms with Crippen LogP contribution in [0.3, 0.4) is 0 Å². The molecule has 0 radical (unpaired) electrons. The molecule has 3 aromatic heterocycles. The van der Waals surface area contributed by atoms with E-state index in [0.717, 1.165) is 38.9 Å². The molecule has 0 bridgehead atoms. The Morgan fingerprint density at radius 3 is 2.85 bits per heavy atom. The van der Waals surface area contributed by atoms with Crippen molar-refractivity contribution in [3.05, 3.63) is 67.3 Å². The van der Waals surface area contributed by atoms with E-state index < -0.39 is 0 Å². The standard InChI is InChI=1S/C20H16N6O/c1-27-17-4-2-13-11-26(12-15(13)9-17)20-21-7-6-19(24-20)23-16-3-5-18-14(8-16)10-22-25-18/h2-12H,1H3,(H,22,25)(H,21,23,24). The van der Waals surface area contributed by atoms with Crippen LogP contribution in [0, 0.1) is 0 Å². The van der Waals surface area contributed by atoms with Crippen LogP contribution in [0.4, 0.5) is 11.5 Å². The first-order chi connectivity index (χ1) is 13.3. The van der Waals surface area contributed by atoms with Gasteiger partial charge in [0.15, 0.2) is 0 Å². The van der Waals surface area contributed by atoms with Crippen molar-refractivity contribution >= 4 is 33.2 Å². The predicted molar refractivity (Wildman–Crippen MR) is 105 cm³/mol. The minimum absolute atomic E-state index is 0.597. The first-order valence-electron chi connectivity index (χ1n) is 8.48. The van der Waals surface area contributed by atoms with Crippen molar-refractivity contribution in [2.75, 3.05) is 12.4 Å². The van der Waals surface area contributed by atoms with Gasteiger partial charge in [-0.1, -0.05) is 0 Å². The second-order valence-electron chi connectivity index (χ2n) is 6.20. The summed E-state index contributed by atoms with van der Waals surface area (Å²) >= 11 is 0. The summed E-state index contributed by atoms with van der Waals surface area (Å²) in [6.07, 6.45) is 7.54. The highest BCUT2D eigenvalue weighted by Gasteiger charge is 2.06. The maximum Gasteiger partial charge on any atom is 0.235 e. The number of anilines is 2. The normalized spacial score (nSPS) is 11.1. The lowest BCUT2D eigenvalue weighted by Crippen LogP contribution is -2.01. The van der Waals surface area contributed by atoms with Gasteiger partial charge in [-0.3, -0.25) is 9.67 Å². The number of fused-ring (bicyclic) bond motifs is 2. The van der Waals surface area contributed by atoms with Gasteiger partial charge in [-0.25, -0.2) is 4.98 Å². The van der Waals surface area contributed by atoms with Crippen molar-refractivity contribution in [3.8, 4) is 11.7 Å². The summed E-state index contributed by atoms with van der Waals surface area (Å²) in [5, 5.41) is 13.5. The number of benzene rings is 2. The van der Waals surface area contributed by atoms with Crippen LogP contribution < -0.4 is 10.1 Å². The van der Waals surface area contributed by atoms with E-state index in [9.17, 15) is 0 Å². The Hall–Kier alpha value is -3.87. The van der Waals surface area contributed by atoms with Crippen molar-refractivity contribution in [3.63, 3.8) is 0 Å². The summed E-state index contributed by atoms with van der Waals surface area (Å²) in [6.45, 7) is 0. The minimum atomic E-state index is 0.597. The van der Waals surface area contributed by atoms with Crippen LogP contribution in [0.1, 0.15) is 0 Å². The zero-order valence-electron chi connectivity index (χ0n) is 14.5. The summed E-state index contributed by atoms with van der Waals surface area (Å²) in [7, 11) is 1.66. The number of aromatic nitrogens is 5. The third kappa shape index (κ3) is 2.85. The van der Waals surface area contributed by atoms with E-state index in [1.807, 2.05) is 59.4 Å². The van der Waals surface area contributed by atoms with Gasteiger partial charge in [0.1, 0.15) is 11.6 Å². The zero-order valence-corrected chi connectivity index (χ0v) is 14.5. The molecular weight excluding hydrogens is 340 g/mol. The molecular formula is C20H16N6O. The van der Waals surface area contributed by atoms with Crippen molar-refractivity contribution in [2.24, 2.45) is 0 Å². The van der Waals surface area contributed by atoms with Gasteiger partial charge in [0.25, 0.3) is 0 Å². The molecule has 27 heavy (non-hydrogen) atoms. The van der Waals surface area contributed by atoms with Crippen LogP contribution >= 0.6 is 0 Å². The molecule has 0 aliphatic carbocycles. The highest BCUT2D eigenvalue weighted by Crippen LogP contribution is 2.24. The van der Waals surface area contributed by atoms with E-state index in [-0.39, 0.29) is 0 Å². The molecule has 7 heteroatoms. The van der Waals surface area contributed by atoms with Crippen molar-refractivity contribution in [1.29, 1.82) is 0 Å². The maximum atomic E-state index is 5.29. The molecule has 2 aromatic carbocycles. The number of ether oxygens (including phenoxy) is 1. The Labute approximate surface area is 154 Å². The fourth-order valence-electron chi connectivity index (χ4n) is 3.07. The molecule has 132 valence electrons. The third-order valence-electron chi connectivity index (χ3n) is 4.44. The lowest BCUT2D eigenvalue weighted by Gasteiger charge is -2.07. The van der Waals surface area contributed by atoms with Crippen LogP contribution in [0.5, 0.6) is 5.75 Å². The maximum absolute atomic E-state index is 5.29. The minimum Gasteiger partial charge on any atom is -0.497 e. The first kappa shape index (κ1) is 15.4. The van der Waals surface area contributed by atoms with E-state index in [4.69, 9.17) is 4.74 Å². The highest BCUT2D eigenvalue weighted by molar-refractivity contribution is 5.84. The lowest BCUT2D eigenvalue weighted by molar-refractivity contribution is 0.415. The number of hydrogen-bond donors (Lipinski definition) is 2. The second-order valence-corrected chi connectivity index (χ2v) is 6.20. The Morgan fingerprint density at radius 1 is 1.00 bits per heavy atom. The monoisotopic (exact) mass is 356 g/mol. The molecule has 5 rings (SSSR count). The van der Waals surface area contributed by atoms with Crippen molar-refractivity contribution in [2.45, 2.75) is 0 Å². The van der Waals surface area contributed by atoms with Gasteiger partial charge in [-0.2, -0.15) is 10.1 Å². The van der Waals surface area contributed by atoms with Crippen LogP contribution in [0.15, 0.2) is 67.3 Å². The smallest absolute Gasteiger partial charge is 0.235 e. The van der Waals surface area contributed by atoms with Gasteiger partial charge in [0.2, 0.25) is 5.95 Å². The number of methoxy groups -OCH3 is 1. The fraction of sp³-hybridized carbons (Fsp3) is 0.0500. The van der Waals surface area contributed by atoms with E-state index in [0.29, 0.717) is 5.95 Å². The van der Waals surface area contributed by atoms with Crippen LogP contribution in [0.25, 0.3) is 27.6 Å². The highest BCUT2D eigenvalue weighted by atomic mass is 16.5. The molecule has 7 nitrogen and oxygen atoms in total. The average Bonchev–Trinajstić information content (AvgIpc) is 3.33. The van der Waals surface area contributed by atoms with Gasteiger partial charge in [-0.15, -0.1) is 0 Å². The summed E-state index contributed by atoms with van der Waals surface area (Å²) in [5.74, 6) is 2.14. The quantitative estimate of drug-likeness (QED) is 0.508. The van der Waals surface area contributed by atoms with E-state index >= 15 is 0 Å². The SMILES string of the molecule is COc1ccc2cn(-c3nccc(Nc4ccc5[nH]ncc5c4)n3)cc2c1. The number of nitrogens with zero attached hydrogens (tertiary/aromatic N) is 4. The number of nitrogens with one attached hydrogen (secondary N) is 2. The Balaban J connectivity index is 1.47. The molecule has 0 spiro atoms. The van der Waals surface area contributed by atoms with Crippen molar-refractivity contribution < 1.29 is 4.74 Å². The lowest BCUT2D eigenvalue weighted by atomic mass is 10.2. The van der Waals surface area contributed by atoms with Gasteiger partial charge in [-0.05, 0) is 42.5 Å². The van der Waals surface area contributed by atoms with E-state index in [1.165, 1.54) is 0 Å². The van der Waals surface area contributed by atoms with Crippen LogP contribution in [-0.2, 0) is 0 Å². The first-order valence-corrected chi connectivity index (χ1v) is 8.48. The van der Waals surface area contributed by atoms with Gasteiger partial charge >= 0.3 is 0 Å². The largest absolute Gasteiger partial charge is 0.497 e. The fourth-order valence-corrected chi connectivity index (χ4v) is 3.07. The topological polar surface area (TPSA) is 80.6 Å². The molecule has 0 saturated heterocycles. The summed E-state index contributed by atoms with van der Waals surface area (Å²) in [4.78, 5) is 9.03. The summed E-state index contributed by atoms with van der Waals surface area (Å²) in [5.41, 5.74) is 1.94. The molecule has 0 saturated carbocycles.